The lowest BCUT2D eigenvalue weighted by molar-refractivity contribution is 0.336. The fraction of sp³-hybridized carbons (Fsp3) is 0.611. The van der Waals surface area contributed by atoms with Gasteiger partial charge in [-0.05, 0) is 69.9 Å². The molecule has 1 heterocycles. The number of hydrogen-bond acceptors (Lipinski definition) is 2. The van der Waals surface area contributed by atoms with E-state index < -0.39 is 0 Å². The van der Waals surface area contributed by atoms with Crippen molar-refractivity contribution in [1.82, 2.24) is 15.5 Å². The summed E-state index contributed by atoms with van der Waals surface area (Å²) in [6.07, 6.45) is 4.65. The molecule has 0 aromatic heterocycles. The monoisotopic (exact) mass is 448 g/mol. The van der Waals surface area contributed by atoms with Crippen LogP contribution in [0.15, 0.2) is 29.3 Å². The third kappa shape index (κ3) is 8.28. The quantitative estimate of drug-likeness (QED) is 0.278. The van der Waals surface area contributed by atoms with Crippen molar-refractivity contribution in [3.8, 4) is 0 Å². The zero-order valence-corrected chi connectivity index (χ0v) is 16.9. The van der Waals surface area contributed by atoms with Gasteiger partial charge in [0.15, 0.2) is 5.96 Å². The van der Waals surface area contributed by atoms with Crippen molar-refractivity contribution in [3.05, 3.63) is 35.6 Å². The van der Waals surface area contributed by atoms with Crippen LogP contribution in [0.1, 0.15) is 31.7 Å². The highest BCUT2D eigenvalue weighted by atomic mass is 127. The summed E-state index contributed by atoms with van der Waals surface area (Å²) in [5.41, 5.74) is 1.13. The summed E-state index contributed by atoms with van der Waals surface area (Å²) < 4.78 is 12.9. The third-order valence-corrected chi connectivity index (χ3v) is 4.06. The first-order valence-corrected chi connectivity index (χ1v) is 8.77. The van der Waals surface area contributed by atoms with Gasteiger partial charge in [-0.2, -0.15) is 0 Å². The minimum Gasteiger partial charge on any atom is -0.357 e. The van der Waals surface area contributed by atoms with Gasteiger partial charge in [0.1, 0.15) is 5.82 Å². The van der Waals surface area contributed by atoms with Crippen LogP contribution in [0.25, 0.3) is 0 Å². The highest BCUT2D eigenvalue weighted by Gasteiger charge is 2.09. The van der Waals surface area contributed by atoms with Crippen LogP contribution in [0.3, 0.4) is 0 Å². The van der Waals surface area contributed by atoms with Gasteiger partial charge in [0, 0.05) is 19.6 Å². The molecule has 1 fully saturated rings. The van der Waals surface area contributed by atoms with Gasteiger partial charge in [0.05, 0.1) is 0 Å². The molecule has 6 heteroatoms. The molecule has 0 spiro atoms. The number of nitrogens with zero attached hydrogens (tertiary/aromatic N) is 2. The minimum atomic E-state index is -0.186. The fourth-order valence-electron chi connectivity index (χ4n) is 2.81. The number of halogens is 2. The molecule has 0 saturated carbocycles. The molecule has 1 aliphatic rings. The summed E-state index contributed by atoms with van der Waals surface area (Å²) in [5, 5.41) is 6.62. The molecule has 24 heavy (non-hydrogen) atoms. The number of hydrogen-bond donors (Lipinski definition) is 2. The average Bonchev–Trinajstić information content (AvgIpc) is 3.07. The summed E-state index contributed by atoms with van der Waals surface area (Å²) in [5.74, 6) is 0.686. The van der Waals surface area contributed by atoms with E-state index in [-0.39, 0.29) is 29.8 Å². The van der Waals surface area contributed by atoms with Gasteiger partial charge < -0.3 is 15.5 Å². The van der Waals surface area contributed by atoms with Gasteiger partial charge in [-0.25, -0.2) is 4.39 Å². The van der Waals surface area contributed by atoms with Gasteiger partial charge in [0.2, 0.25) is 0 Å². The summed E-state index contributed by atoms with van der Waals surface area (Å²) in [6, 6.07) is 6.67. The van der Waals surface area contributed by atoms with Crippen LogP contribution >= 0.6 is 24.0 Å². The lowest BCUT2D eigenvalue weighted by atomic mass is 10.1. The van der Waals surface area contributed by atoms with Crippen molar-refractivity contribution < 1.29 is 4.39 Å². The van der Waals surface area contributed by atoms with Crippen molar-refractivity contribution in [2.24, 2.45) is 4.99 Å². The zero-order chi connectivity index (χ0) is 16.3. The molecular formula is C18H30FIN4. The predicted molar refractivity (Wildman–Crippen MR) is 110 cm³/mol. The Bertz CT molecular complexity index is 472. The number of likely N-dealkylation sites (tertiary alicyclic amines) is 1. The van der Waals surface area contributed by atoms with Crippen molar-refractivity contribution >= 4 is 29.9 Å². The van der Waals surface area contributed by atoms with Gasteiger partial charge in [-0.3, -0.25) is 4.99 Å². The molecule has 1 aromatic carbocycles. The lowest BCUT2D eigenvalue weighted by Gasteiger charge is -2.14. The van der Waals surface area contributed by atoms with E-state index in [0.29, 0.717) is 0 Å². The first kappa shape index (κ1) is 21.2. The molecule has 0 aliphatic carbocycles. The van der Waals surface area contributed by atoms with Crippen LogP contribution in [0, 0.1) is 5.82 Å². The van der Waals surface area contributed by atoms with E-state index in [1.54, 1.807) is 0 Å². The molecule has 4 nitrogen and oxygen atoms in total. The molecule has 0 amide bonds. The Morgan fingerprint density at radius 3 is 2.54 bits per heavy atom. The van der Waals surface area contributed by atoms with Gasteiger partial charge in [-0.1, -0.05) is 12.1 Å². The summed E-state index contributed by atoms with van der Waals surface area (Å²) in [7, 11) is 0. The van der Waals surface area contributed by atoms with E-state index in [1.807, 2.05) is 12.1 Å². The van der Waals surface area contributed by atoms with Crippen molar-refractivity contribution in [2.45, 2.75) is 32.6 Å². The molecule has 0 radical (unpaired) electrons. The van der Waals surface area contributed by atoms with Gasteiger partial charge in [0.25, 0.3) is 0 Å². The molecule has 0 bridgehead atoms. The van der Waals surface area contributed by atoms with Crippen LogP contribution in [0.4, 0.5) is 4.39 Å². The lowest BCUT2D eigenvalue weighted by Crippen LogP contribution is -2.38. The standard InChI is InChI=1S/C18H29FN4.HI/c1-2-20-18(21-11-5-15-23-13-3-4-14-23)22-12-10-16-6-8-17(19)9-7-16;/h6-9H,2-5,10-15H2,1H3,(H2,20,21,22);1H. The molecule has 0 atom stereocenters. The van der Waals surface area contributed by atoms with Crippen LogP contribution in [0.5, 0.6) is 0 Å². The Labute approximate surface area is 162 Å². The molecule has 1 saturated heterocycles. The first-order valence-electron chi connectivity index (χ1n) is 8.77. The Balaban J connectivity index is 0.00000288. The second kappa shape index (κ2) is 12.5. The normalized spacial score (nSPS) is 15.2. The zero-order valence-electron chi connectivity index (χ0n) is 14.6. The number of nitrogens with one attached hydrogen (secondary N) is 2. The van der Waals surface area contributed by atoms with Crippen LogP contribution in [-0.4, -0.2) is 50.1 Å². The smallest absolute Gasteiger partial charge is 0.191 e. The van der Waals surface area contributed by atoms with E-state index >= 15 is 0 Å². The highest BCUT2D eigenvalue weighted by molar-refractivity contribution is 14.0. The largest absolute Gasteiger partial charge is 0.357 e. The first-order chi connectivity index (χ1) is 11.3. The predicted octanol–water partition coefficient (Wildman–Crippen LogP) is 3.03. The number of rotatable bonds is 8. The maximum absolute atomic E-state index is 12.9. The van der Waals surface area contributed by atoms with Crippen LogP contribution < -0.4 is 10.6 Å². The highest BCUT2D eigenvalue weighted by Crippen LogP contribution is 2.07. The molecule has 0 unspecified atom stereocenters. The minimum absolute atomic E-state index is 0. The maximum atomic E-state index is 12.9. The Morgan fingerprint density at radius 1 is 1.17 bits per heavy atom. The molecule has 2 N–H and O–H groups in total. The molecule has 1 aliphatic heterocycles. The van der Waals surface area contributed by atoms with Crippen molar-refractivity contribution in [1.29, 1.82) is 0 Å². The molecular weight excluding hydrogens is 418 g/mol. The summed E-state index contributed by atoms with van der Waals surface area (Å²) in [4.78, 5) is 7.15. The van der Waals surface area contributed by atoms with Crippen molar-refractivity contribution in [2.75, 3.05) is 39.3 Å². The third-order valence-electron chi connectivity index (χ3n) is 4.06. The summed E-state index contributed by atoms with van der Waals surface area (Å²) in [6.45, 7) is 8.22. The van der Waals surface area contributed by atoms with Crippen LogP contribution in [-0.2, 0) is 6.42 Å². The second-order valence-electron chi connectivity index (χ2n) is 5.97. The van der Waals surface area contributed by atoms with Gasteiger partial charge >= 0.3 is 0 Å². The Kier molecular flexibility index (Phi) is 11.0. The summed E-state index contributed by atoms with van der Waals surface area (Å²) >= 11 is 0. The molecule has 1 aromatic rings. The van der Waals surface area contributed by atoms with E-state index in [0.717, 1.165) is 50.5 Å². The maximum Gasteiger partial charge on any atom is 0.191 e. The van der Waals surface area contributed by atoms with Crippen LogP contribution in [0.2, 0.25) is 0 Å². The fourth-order valence-corrected chi connectivity index (χ4v) is 2.81. The Morgan fingerprint density at radius 2 is 1.88 bits per heavy atom. The van der Waals surface area contributed by atoms with Crippen molar-refractivity contribution in [3.63, 3.8) is 0 Å². The second-order valence-corrected chi connectivity index (χ2v) is 5.97. The van der Waals surface area contributed by atoms with E-state index in [2.05, 4.69) is 27.4 Å². The van der Waals surface area contributed by atoms with E-state index in [4.69, 9.17) is 0 Å². The SMILES string of the molecule is CCNC(=NCCCN1CCCC1)NCCc1ccc(F)cc1.I. The average molecular weight is 448 g/mol. The topological polar surface area (TPSA) is 39.7 Å². The number of guanidine groups is 1. The number of benzene rings is 1. The van der Waals surface area contributed by atoms with Gasteiger partial charge in [-0.15, -0.1) is 24.0 Å². The Hall–Kier alpha value is -0.890. The molecule has 2 rings (SSSR count). The van der Waals surface area contributed by atoms with E-state index in [9.17, 15) is 4.39 Å². The number of aliphatic imine (C=N–C) groups is 1. The molecule has 136 valence electrons. The van der Waals surface area contributed by atoms with E-state index in [1.165, 1.54) is 38.1 Å².